The maximum Gasteiger partial charge on any atom is 0.194 e. The zero-order chi connectivity index (χ0) is 18.7. The Balaban J connectivity index is 2.26. The highest BCUT2D eigenvalue weighted by molar-refractivity contribution is 6.29. The molecule has 0 radical (unpaired) electrons. The number of carbonyl (C=O) groups excluding carboxylic acids is 1. The van der Waals surface area contributed by atoms with Gasteiger partial charge in [-0.2, -0.15) is 10.5 Å². The van der Waals surface area contributed by atoms with Gasteiger partial charge < -0.3 is 9.47 Å². The highest BCUT2D eigenvalue weighted by atomic mass is 16.5. The standard InChI is InChI=1S/C21H14N2O3/c1-25-15-8-7-13(19(10-15)26-2)9-18-20(14(11-22)12-23)16-5-3-4-6-17(16)21(18)24/h3-10H,1-2H3/b18-9-. The molecule has 0 amide bonds. The van der Waals surface area contributed by atoms with Crippen LogP contribution >= 0.6 is 0 Å². The van der Waals surface area contributed by atoms with E-state index in [9.17, 15) is 15.3 Å². The normalized spacial score (nSPS) is 13.8. The van der Waals surface area contributed by atoms with Gasteiger partial charge in [0.15, 0.2) is 5.78 Å². The molecule has 0 N–H and O–H groups in total. The molecule has 0 spiro atoms. The Labute approximate surface area is 151 Å². The zero-order valence-electron chi connectivity index (χ0n) is 14.2. The van der Waals surface area contributed by atoms with Gasteiger partial charge >= 0.3 is 0 Å². The number of fused-ring (bicyclic) bond motifs is 1. The second kappa shape index (κ2) is 6.96. The third-order valence-corrected chi connectivity index (χ3v) is 4.17. The van der Waals surface area contributed by atoms with E-state index in [1.807, 2.05) is 12.1 Å². The first-order valence-electron chi connectivity index (χ1n) is 7.77. The highest BCUT2D eigenvalue weighted by Gasteiger charge is 2.32. The fraction of sp³-hybridized carbons (Fsp3) is 0.0952. The van der Waals surface area contributed by atoms with Crippen LogP contribution < -0.4 is 9.47 Å². The molecule has 3 rings (SSSR count). The van der Waals surface area contributed by atoms with Crippen molar-refractivity contribution in [3.63, 3.8) is 0 Å². The van der Waals surface area contributed by atoms with Gasteiger partial charge in [0.25, 0.3) is 0 Å². The molecule has 0 aromatic heterocycles. The van der Waals surface area contributed by atoms with Crippen molar-refractivity contribution in [2.75, 3.05) is 14.2 Å². The number of nitrogens with zero attached hydrogens (tertiary/aromatic N) is 2. The average Bonchev–Trinajstić information content (AvgIpc) is 2.96. The Morgan fingerprint density at radius 1 is 1.00 bits per heavy atom. The van der Waals surface area contributed by atoms with Crippen LogP contribution in [-0.2, 0) is 0 Å². The predicted octanol–water partition coefficient (Wildman–Crippen LogP) is 3.78. The van der Waals surface area contributed by atoms with E-state index in [4.69, 9.17) is 9.47 Å². The third kappa shape index (κ3) is 2.72. The number of benzene rings is 2. The third-order valence-electron chi connectivity index (χ3n) is 4.17. The van der Waals surface area contributed by atoms with E-state index in [0.29, 0.717) is 39.3 Å². The van der Waals surface area contributed by atoms with Gasteiger partial charge in [-0.05, 0) is 23.8 Å². The average molecular weight is 342 g/mol. The number of hydrogen-bond donors (Lipinski definition) is 0. The number of rotatable bonds is 3. The molecule has 0 unspecified atom stereocenters. The van der Waals surface area contributed by atoms with Crippen molar-refractivity contribution in [3.8, 4) is 23.6 Å². The molecule has 2 aromatic rings. The molecule has 0 atom stereocenters. The molecule has 1 aliphatic rings. The van der Waals surface area contributed by atoms with Crippen LogP contribution in [-0.4, -0.2) is 20.0 Å². The van der Waals surface area contributed by atoms with Gasteiger partial charge in [-0.3, -0.25) is 4.79 Å². The van der Waals surface area contributed by atoms with E-state index in [1.165, 1.54) is 7.11 Å². The smallest absolute Gasteiger partial charge is 0.194 e. The first kappa shape index (κ1) is 17.0. The molecule has 0 aliphatic heterocycles. The molecule has 2 aromatic carbocycles. The lowest BCUT2D eigenvalue weighted by molar-refractivity contribution is 0.104. The van der Waals surface area contributed by atoms with Gasteiger partial charge in [-0.1, -0.05) is 24.3 Å². The number of hydrogen-bond acceptors (Lipinski definition) is 5. The quantitative estimate of drug-likeness (QED) is 0.626. The number of ketones is 1. The van der Waals surface area contributed by atoms with Crippen molar-refractivity contribution in [1.29, 1.82) is 10.5 Å². The van der Waals surface area contributed by atoms with Gasteiger partial charge in [0.1, 0.15) is 29.2 Å². The molecule has 0 bridgehead atoms. The summed E-state index contributed by atoms with van der Waals surface area (Å²) in [7, 11) is 3.08. The van der Waals surface area contributed by atoms with Crippen LogP contribution in [0.4, 0.5) is 0 Å². The highest BCUT2D eigenvalue weighted by Crippen LogP contribution is 2.40. The summed E-state index contributed by atoms with van der Waals surface area (Å²) in [6.07, 6.45) is 1.64. The lowest BCUT2D eigenvalue weighted by Crippen LogP contribution is -1.97. The minimum Gasteiger partial charge on any atom is -0.497 e. The summed E-state index contributed by atoms with van der Waals surface area (Å²) in [4.78, 5) is 12.9. The van der Waals surface area contributed by atoms with E-state index >= 15 is 0 Å². The minimum absolute atomic E-state index is 0.0953. The van der Waals surface area contributed by atoms with Crippen LogP contribution in [0, 0.1) is 22.7 Å². The number of allylic oxidation sites excluding steroid dienone is 3. The van der Waals surface area contributed by atoms with E-state index in [2.05, 4.69) is 0 Å². The summed E-state index contributed by atoms with van der Waals surface area (Å²) in [5, 5.41) is 18.7. The maximum atomic E-state index is 12.9. The summed E-state index contributed by atoms with van der Waals surface area (Å²) in [5.41, 5.74) is 2.28. The molecule has 126 valence electrons. The molecule has 5 nitrogen and oxygen atoms in total. The molecular weight excluding hydrogens is 328 g/mol. The SMILES string of the molecule is COc1ccc(/C=C2\C(=O)c3ccccc3C2=C(C#N)C#N)c(OC)c1. The van der Waals surface area contributed by atoms with Gasteiger partial charge in [0.05, 0.1) is 14.2 Å². The fourth-order valence-corrected chi connectivity index (χ4v) is 2.94. The Bertz CT molecular complexity index is 1030. The molecule has 0 saturated heterocycles. The second-order valence-electron chi connectivity index (χ2n) is 5.51. The van der Waals surface area contributed by atoms with E-state index < -0.39 is 0 Å². The molecule has 0 saturated carbocycles. The minimum atomic E-state index is -0.225. The van der Waals surface area contributed by atoms with Gasteiger partial charge in [-0.15, -0.1) is 0 Å². The van der Waals surface area contributed by atoms with Crippen LogP contribution in [0.2, 0.25) is 0 Å². The monoisotopic (exact) mass is 342 g/mol. The molecular formula is C21H14N2O3. The molecule has 5 heteroatoms. The van der Waals surface area contributed by atoms with Crippen molar-refractivity contribution in [2.45, 2.75) is 0 Å². The van der Waals surface area contributed by atoms with Crippen molar-refractivity contribution in [1.82, 2.24) is 0 Å². The van der Waals surface area contributed by atoms with E-state index in [-0.39, 0.29) is 11.4 Å². The van der Waals surface area contributed by atoms with Crippen LogP contribution in [0.1, 0.15) is 21.5 Å². The summed E-state index contributed by atoms with van der Waals surface area (Å²) < 4.78 is 10.6. The van der Waals surface area contributed by atoms with E-state index in [1.54, 1.807) is 55.7 Å². The topological polar surface area (TPSA) is 83.1 Å². The molecule has 26 heavy (non-hydrogen) atoms. The van der Waals surface area contributed by atoms with Gasteiger partial charge in [0.2, 0.25) is 0 Å². The molecule has 0 heterocycles. The fourth-order valence-electron chi connectivity index (χ4n) is 2.94. The lowest BCUT2D eigenvalue weighted by Gasteiger charge is -2.09. The van der Waals surface area contributed by atoms with Crippen molar-refractivity contribution >= 4 is 17.4 Å². The van der Waals surface area contributed by atoms with Crippen LogP contribution in [0.5, 0.6) is 11.5 Å². The number of carbonyl (C=O) groups is 1. The van der Waals surface area contributed by atoms with Gasteiger partial charge in [0, 0.05) is 28.3 Å². The Morgan fingerprint density at radius 3 is 2.31 bits per heavy atom. The van der Waals surface area contributed by atoms with Crippen molar-refractivity contribution in [2.24, 2.45) is 0 Å². The Hall–Kier alpha value is -3.83. The van der Waals surface area contributed by atoms with E-state index in [0.717, 1.165) is 0 Å². The first-order chi connectivity index (χ1) is 12.6. The molecule has 1 aliphatic carbocycles. The maximum absolute atomic E-state index is 12.9. The number of nitriles is 2. The summed E-state index contributed by atoms with van der Waals surface area (Å²) >= 11 is 0. The largest absolute Gasteiger partial charge is 0.497 e. The summed E-state index contributed by atoms with van der Waals surface area (Å²) in [6.45, 7) is 0. The van der Waals surface area contributed by atoms with Crippen molar-refractivity contribution in [3.05, 3.63) is 70.3 Å². The predicted molar refractivity (Wildman–Crippen MR) is 96.4 cm³/mol. The van der Waals surface area contributed by atoms with Crippen molar-refractivity contribution < 1.29 is 14.3 Å². The van der Waals surface area contributed by atoms with Gasteiger partial charge in [-0.25, -0.2) is 0 Å². The van der Waals surface area contributed by atoms with Crippen LogP contribution in [0.3, 0.4) is 0 Å². The second-order valence-corrected chi connectivity index (χ2v) is 5.51. The first-order valence-corrected chi connectivity index (χ1v) is 7.77. The number of methoxy groups -OCH3 is 2. The summed E-state index contributed by atoms with van der Waals surface area (Å²) in [6, 6.07) is 16.0. The van der Waals surface area contributed by atoms with Crippen LogP contribution in [0.15, 0.2) is 53.6 Å². The Morgan fingerprint density at radius 2 is 1.69 bits per heavy atom. The molecule has 0 fully saturated rings. The Kier molecular flexibility index (Phi) is 4.55. The lowest BCUT2D eigenvalue weighted by atomic mass is 9.98. The number of ether oxygens (including phenoxy) is 2. The zero-order valence-corrected chi connectivity index (χ0v) is 14.2. The van der Waals surface area contributed by atoms with Crippen LogP contribution in [0.25, 0.3) is 11.6 Å². The summed E-state index contributed by atoms with van der Waals surface area (Å²) in [5.74, 6) is 0.919. The number of Topliss-reactive ketones (excluding diaryl/α,β-unsaturated/α-hetero) is 1.